The normalized spacial score (nSPS) is 17.6. The third kappa shape index (κ3) is 3.08. The van der Waals surface area contributed by atoms with E-state index in [0.29, 0.717) is 19.0 Å². The molecule has 1 aliphatic rings. The second kappa shape index (κ2) is 5.77. The maximum Gasteiger partial charge on any atom is 0.301 e. The number of nitrogens with zero attached hydrogens (tertiary/aromatic N) is 2. The van der Waals surface area contributed by atoms with Crippen molar-refractivity contribution in [1.29, 1.82) is 5.26 Å². The van der Waals surface area contributed by atoms with Crippen LogP contribution in [0.25, 0.3) is 0 Å². The Kier molecular flexibility index (Phi) is 4.26. The third-order valence-electron chi connectivity index (χ3n) is 3.45. The Morgan fingerprint density at radius 1 is 1.40 bits per heavy atom. The lowest BCUT2D eigenvalue weighted by Gasteiger charge is -2.29. The van der Waals surface area contributed by atoms with Crippen LogP contribution < -0.4 is 4.72 Å². The first-order valence-corrected chi connectivity index (χ1v) is 7.84. The summed E-state index contributed by atoms with van der Waals surface area (Å²) < 4.78 is 41.5. The molecular weight excluding hydrogens is 281 g/mol. The van der Waals surface area contributed by atoms with Gasteiger partial charge in [-0.1, -0.05) is 13.0 Å². The van der Waals surface area contributed by atoms with Gasteiger partial charge in [0.05, 0.1) is 5.69 Å². The molecule has 108 valence electrons. The predicted molar refractivity (Wildman–Crippen MR) is 73.6 cm³/mol. The van der Waals surface area contributed by atoms with Gasteiger partial charge in [-0.15, -0.1) is 0 Å². The van der Waals surface area contributed by atoms with Gasteiger partial charge in [0, 0.05) is 13.1 Å². The predicted octanol–water partition coefficient (Wildman–Crippen LogP) is 2.09. The Bertz CT molecular complexity index is 632. The lowest BCUT2D eigenvalue weighted by atomic mass is 10.0. The van der Waals surface area contributed by atoms with E-state index in [1.807, 2.05) is 0 Å². The fourth-order valence-corrected chi connectivity index (χ4v) is 3.42. The molecule has 0 bridgehead atoms. The minimum absolute atomic E-state index is 0.0221. The van der Waals surface area contributed by atoms with Gasteiger partial charge >= 0.3 is 10.2 Å². The zero-order valence-electron chi connectivity index (χ0n) is 11.1. The van der Waals surface area contributed by atoms with Crippen molar-refractivity contribution in [1.82, 2.24) is 4.31 Å². The number of rotatable bonds is 3. The van der Waals surface area contributed by atoms with Crippen LogP contribution in [-0.2, 0) is 10.2 Å². The number of halogens is 1. The maximum absolute atomic E-state index is 13.4. The molecule has 1 fully saturated rings. The van der Waals surface area contributed by atoms with Crippen LogP contribution in [0.3, 0.4) is 0 Å². The molecule has 0 atom stereocenters. The fraction of sp³-hybridized carbons (Fsp3) is 0.462. The molecule has 1 saturated heterocycles. The number of piperidine rings is 1. The highest BCUT2D eigenvalue weighted by atomic mass is 32.2. The van der Waals surface area contributed by atoms with E-state index in [9.17, 15) is 12.8 Å². The highest BCUT2D eigenvalue weighted by molar-refractivity contribution is 7.90. The molecule has 1 heterocycles. The summed E-state index contributed by atoms with van der Waals surface area (Å²) >= 11 is 0. The van der Waals surface area contributed by atoms with E-state index < -0.39 is 16.0 Å². The lowest BCUT2D eigenvalue weighted by molar-refractivity contribution is 0.289. The summed E-state index contributed by atoms with van der Waals surface area (Å²) in [7, 11) is -3.74. The first-order chi connectivity index (χ1) is 9.44. The van der Waals surface area contributed by atoms with Crippen LogP contribution in [0, 0.1) is 23.1 Å². The quantitative estimate of drug-likeness (QED) is 0.928. The highest BCUT2D eigenvalue weighted by Crippen LogP contribution is 2.23. The Labute approximate surface area is 118 Å². The van der Waals surface area contributed by atoms with Crippen LogP contribution >= 0.6 is 0 Å². The summed E-state index contributed by atoms with van der Waals surface area (Å²) in [6.45, 7) is 2.96. The van der Waals surface area contributed by atoms with Crippen LogP contribution in [0.1, 0.15) is 25.3 Å². The van der Waals surface area contributed by atoms with E-state index in [1.165, 1.54) is 16.4 Å². The molecule has 0 aromatic heterocycles. The molecule has 2 rings (SSSR count). The summed E-state index contributed by atoms with van der Waals surface area (Å²) in [5.74, 6) is -0.231. The standard InChI is InChI=1S/C13H16FN3O2S/c1-10-5-7-17(8-6-10)20(18,19)16-13-4-2-3-12(14)11(13)9-15/h2-4,10,16H,5-8H2,1H3. The van der Waals surface area contributed by atoms with E-state index in [1.54, 1.807) is 6.07 Å². The van der Waals surface area contributed by atoms with Crippen molar-refractivity contribution in [3.8, 4) is 6.07 Å². The van der Waals surface area contributed by atoms with Crippen LogP contribution in [0.4, 0.5) is 10.1 Å². The molecule has 0 amide bonds. The second-order valence-electron chi connectivity index (χ2n) is 4.96. The minimum atomic E-state index is -3.74. The third-order valence-corrected chi connectivity index (χ3v) is 4.97. The van der Waals surface area contributed by atoms with Crippen molar-refractivity contribution in [3.63, 3.8) is 0 Å². The zero-order chi connectivity index (χ0) is 14.8. The van der Waals surface area contributed by atoms with Crippen LogP contribution in [-0.4, -0.2) is 25.8 Å². The Hall–Kier alpha value is -1.65. The number of benzene rings is 1. The molecule has 20 heavy (non-hydrogen) atoms. The number of anilines is 1. The average Bonchev–Trinajstić information content (AvgIpc) is 2.39. The lowest BCUT2D eigenvalue weighted by Crippen LogP contribution is -2.41. The van der Waals surface area contributed by atoms with Gasteiger partial charge in [-0.25, -0.2) is 4.39 Å². The van der Waals surface area contributed by atoms with Crippen molar-refractivity contribution in [3.05, 3.63) is 29.6 Å². The van der Waals surface area contributed by atoms with Gasteiger partial charge < -0.3 is 0 Å². The Morgan fingerprint density at radius 2 is 2.05 bits per heavy atom. The zero-order valence-corrected chi connectivity index (χ0v) is 12.0. The van der Waals surface area contributed by atoms with Gasteiger partial charge in [-0.2, -0.15) is 18.0 Å². The van der Waals surface area contributed by atoms with Crippen molar-refractivity contribution >= 4 is 15.9 Å². The summed E-state index contributed by atoms with van der Waals surface area (Å²) in [4.78, 5) is 0. The van der Waals surface area contributed by atoms with Gasteiger partial charge in [0.1, 0.15) is 17.4 Å². The summed E-state index contributed by atoms with van der Waals surface area (Å²) in [5, 5.41) is 8.90. The van der Waals surface area contributed by atoms with Gasteiger partial charge in [0.2, 0.25) is 0 Å². The van der Waals surface area contributed by atoms with E-state index in [0.717, 1.165) is 18.9 Å². The van der Waals surface area contributed by atoms with Crippen LogP contribution in [0.5, 0.6) is 0 Å². The second-order valence-corrected chi connectivity index (χ2v) is 6.63. The van der Waals surface area contributed by atoms with Gasteiger partial charge in [0.25, 0.3) is 0 Å². The first kappa shape index (κ1) is 14.8. The van der Waals surface area contributed by atoms with Crippen molar-refractivity contribution < 1.29 is 12.8 Å². The molecular formula is C13H16FN3O2S. The van der Waals surface area contributed by atoms with Gasteiger partial charge in [-0.05, 0) is 30.9 Å². The molecule has 0 unspecified atom stereocenters. The molecule has 1 aromatic carbocycles. The highest BCUT2D eigenvalue weighted by Gasteiger charge is 2.27. The summed E-state index contributed by atoms with van der Waals surface area (Å²) in [6.07, 6.45) is 1.60. The monoisotopic (exact) mass is 297 g/mol. The van der Waals surface area contributed by atoms with E-state index in [4.69, 9.17) is 5.26 Å². The number of hydrogen-bond donors (Lipinski definition) is 1. The molecule has 1 aromatic rings. The summed E-state index contributed by atoms with van der Waals surface area (Å²) in [6, 6.07) is 5.55. The van der Waals surface area contributed by atoms with Gasteiger partial charge in [0.15, 0.2) is 0 Å². The minimum Gasteiger partial charge on any atom is -0.269 e. The van der Waals surface area contributed by atoms with E-state index >= 15 is 0 Å². The number of nitriles is 1. The van der Waals surface area contributed by atoms with Gasteiger partial charge in [-0.3, -0.25) is 4.72 Å². The molecule has 0 saturated carbocycles. The smallest absolute Gasteiger partial charge is 0.269 e. The first-order valence-electron chi connectivity index (χ1n) is 6.40. The molecule has 7 heteroatoms. The van der Waals surface area contributed by atoms with Crippen molar-refractivity contribution in [2.45, 2.75) is 19.8 Å². The van der Waals surface area contributed by atoms with E-state index in [2.05, 4.69) is 11.6 Å². The molecule has 1 aliphatic heterocycles. The van der Waals surface area contributed by atoms with Crippen LogP contribution in [0.2, 0.25) is 0 Å². The average molecular weight is 297 g/mol. The van der Waals surface area contributed by atoms with Crippen molar-refractivity contribution in [2.24, 2.45) is 5.92 Å². The molecule has 0 radical (unpaired) electrons. The van der Waals surface area contributed by atoms with E-state index in [-0.39, 0.29) is 11.3 Å². The molecule has 5 nitrogen and oxygen atoms in total. The number of hydrogen-bond acceptors (Lipinski definition) is 3. The molecule has 0 spiro atoms. The Balaban J connectivity index is 2.21. The largest absolute Gasteiger partial charge is 0.301 e. The SMILES string of the molecule is CC1CCN(S(=O)(=O)Nc2cccc(F)c2C#N)CC1. The molecule has 1 N–H and O–H groups in total. The topological polar surface area (TPSA) is 73.2 Å². The fourth-order valence-electron chi connectivity index (χ4n) is 2.15. The van der Waals surface area contributed by atoms with Crippen molar-refractivity contribution in [2.75, 3.05) is 17.8 Å². The van der Waals surface area contributed by atoms with Crippen LogP contribution in [0.15, 0.2) is 18.2 Å². The summed E-state index contributed by atoms with van der Waals surface area (Å²) in [5.41, 5.74) is -0.312. The molecule has 0 aliphatic carbocycles. The maximum atomic E-state index is 13.4. The Morgan fingerprint density at radius 3 is 2.65 bits per heavy atom. The number of nitrogens with one attached hydrogen (secondary N) is 1.